The fourth-order valence-electron chi connectivity index (χ4n) is 4.13. The van der Waals surface area contributed by atoms with Gasteiger partial charge in [0.2, 0.25) is 5.95 Å². The molecule has 0 aliphatic carbocycles. The van der Waals surface area contributed by atoms with Gasteiger partial charge in [-0.15, -0.1) is 0 Å². The molecular weight excluding hydrogens is 479 g/mol. The van der Waals surface area contributed by atoms with Gasteiger partial charge in [-0.3, -0.25) is 14.8 Å². The number of halogens is 1. The van der Waals surface area contributed by atoms with E-state index in [4.69, 9.17) is 21.6 Å². The number of nitrogens with two attached hydrogens (primary N) is 2. The number of aliphatic carboxylic acids is 1. The Morgan fingerprint density at radius 3 is 2.78 bits per heavy atom. The van der Waals surface area contributed by atoms with E-state index in [9.17, 15) is 14.3 Å². The number of carboxylic acids is 1. The van der Waals surface area contributed by atoms with Gasteiger partial charge in [0.1, 0.15) is 17.6 Å². The first-order valence-corrected chi connectivity index (χ1v) is 11.2. The molecule has 3 heterocycles. The maximum Gasteiger partial charge on any atom is 0.304 e. The van der Waals surface area contributed by atoms with Crippen molar-refractivity contribution in [1.82, 2.24) is 15.0 Å². The van der Waals surface area contributed by atoms with Crippen molar-refractivity contribution in [3.8, 4) is 17.3 Å². The van der Waals surface area contributed by atoms with Crippen molar-refractivity contribution < 1.29 is 19.0 Å². The smallest absolute Gasteiger partial charge is 0.304 e. The Morgan fingerprint density at radius 1 is 1.27 bits per heavy atom. The fourth-order valence-corrected chi connectivity index (χ4v) is 4.13. The van der Waals surface area contributed by atoms with Crippen LogP contribution in [-0.2, 0) is 21.5 Å². The Morgan fingerprint density at radius 2 is 2.08 bits per heavy atom. The normalized spacial score (nSPS) is 17.7. The number of nitriles is 1. The van der Waals surface area contributed by atoms with E-state index in [1.165, 1.54) is 30.5 Å². The maximum atomic E-state index is 14.7. The summed E-state index contributed by atoms with van der Waals surface area (Å²) in [6.45, 7) is 0.921. The number of rotatable bonds is 8. The number of ether oxygens (including phenoxy) is 1. The van der Waals surface area contributed by atoms with Gasteiger partial charge in [0.25, 0.3) is 0 Å². The largest absolute Gasteiger partial charge is 0.481 e. The highest BCUT2D eigenvalue weighted by Gasteiger charge is 2.40. The molecule has 1 saturated heterocycles. The fraction of sp³-hybridized carbons (Fsp3) is 0.240. The highest BCUT2D eigenvalue weighted by Crippen LogP contribution is 2.35. The molecule has 11 nitrogen and oxygen atoms in total. The number of pyridine rings is 1. The van der Waals surface area contributed by atoms with Gasteiger partial charge in [-0.1, -0.05) is 12.1 Å². The molecule has 3 aromatic rings. The number of nitrogens with zero attached hydrogens (tertiary/aromatic N) is 6. The summed E-state index contributed by atoms with van der Waals surface area (Å²) in [6, 6.07) is 13.0. The Hall–Kier alpha value is -4.76. The third-order valence-electron chi connectivity index (χ3n) is 5.95. The molecule has 0 spiro atoms. The molecule has 1 unspecified atom stereocenters. The number of carbonyl (C=O) groups is 1. The second kappa shape index (κ2) is 10.9. The van der Waals surface area contributed by atoms with Crippen LogP contribution in [0.4, 0.5) is 10.3 Å². The van der Waals surface area contributed by atoms with Gasteiger partial charge in [-0.05, 0) is 36.8 Å². The van der Waals surface area contributed by atoms with Gasteiger partial charge >= 0.3 is 5.97 Å². The minimum Gasteiger partial charge on any atom is -0.481 e. The molecular formula is C25H23FN8O3. The van der Waals surface area contributed by atoms with Gasteiger partial charge in [-0.25, -0.2) is 14.4 Å². The summed E-state index contributed by atoms with van der Waals surface area (Å²) in [6.07, 6.45) is 1.87. The van der Waals surface area contributed by atoms with Crippen molar-refractivity contribution in [1.29, 1.82) is 5.26 Å². The van der Waals surface area contributed by atoms with E-state index in [-0.39, 0.29) is 47.1 Å². The number of aromatic nitrogens is 3. The van der Waals surface area contributed by atoms with Crippen molar-refractivity contribution >= 4 is 23.8 Å². The first kappa shape index (κ1) is 25.3. The molecule has 12 heteroatoms. The zero-order valence-electron chi connectivity index (χ0n) is 19.6. The third-order valence-corrected chi connectivity index (χ3v) is 5.95. The average Bonchev–Trinajstić information content (AvgIpc) is 3.35. The number of hydrogen-bond acceptors (Lipinski definition) is 10. The highest BCUT2D eigenvalue weighted by atomic mass is 19.1. The molecule has 188 valence electrons. The Kier molecular flexibility index (Phi) is 7.45. The van der Waals surface area contributed by atoms with E-state index in [1.807, 2.05) is 0 Å². The lowest BCUT2D eigenvalue weighted by molar-refractivity contribution is -0.138. The summed E-state index contributed by atoms with van der Waals surface area (Å²) in [4.78, 5) is 28.6. The van der Waals surface area contributed by atoms with E-state index in [2.05, 4.69) is 25.0 Å². The molecule has 5 N–H and O–H groups in total. The lowest BCUT2D eigenvalue weighted by Crippen LogP contribution is -2.31. The lowest BCUT2D eigenvalue weighted by Gasteiger charge is -2.25. The first-order valence-electron chi connectivity index (χ1n) is 11.2. The monoisotopic (exact) mass is 502 g/mol. The predicted octanol–water partition coefficient (Wildman–Crippen LogP) is 2.20. The van der Waals surface area contributed by atoms with Gasteiger partial charge < -0.3 is 21.4 Å². The average molecular weight is 503 g/mol. The minimum absolute atomic E-state index is 0.0773. The number of hydrazone groups is 1. The van der Waals surface area contributed by atoms with Crippen molar-refractivity contribution in [2.45, 2.75) is 24.8 Å². The van der Waals surface area contributed by atoms with Crippen LogP contribution >= 0.6 is 0 Å². The Labute approximate surface area is 211 Å². The molecule has 1 fully saturated rings. The van der Waals surface area contributed by atoms with E-state index in [1.54, 1.807) is 24.3 Å². The molecule has 0 saturated carbocycles. The molecule has 0 radical (unpaired) electrons. The SMILES string of the molecule is N#Cc1cccc(-c2cc(C(C=NCc3cccc(C4(CC(=O)O)CCOC4)n3)=NN)nc(N)n2)c1F. The molecule has 0 bridgehead atoms. The standard InChI is InChI=1S/C25H23FN8O3/c26-23-15(11-27)3-1-5-17(23)18-9-19(33-24(28)32-18)20(34-29)13-30-12-16-4-2-6-21(31-16)25(10-22(35)36)7-8-37-14-25/h1-6,9,13H,7-8,10,12,14,29H2,(H,35,36)(H2,28,32,33). The second-order valence-corrected chi connectivity index (χ2v) is 8.43. The van der Waals surface area contributed by atoms with Gasteiger partial charge in [-0.2, -0.15) is 10.4 Å². The van der Waals surface area contributed by atoms with Crippen LogP contribution in [0.15, 0.2) is 52.6 Å². The molecule has 1 atom stereocenters. The summed E-state index contributed by atoms with van der Waals surface area (Å²) in [5.74, 6) is 3.78. The molecule has 1 aromatic carbocycles. The van der Waals surface area contributed by atoms with Crippen molar-refractivity contribution in [3.63, 3.8) is 0 Å². The quantitative estimate of drug-likeness (QED) is 0.236. The highest BCUT2D eigenvalue weighted by molar-refractivity contribution is 6.37. The van der Waals surface area contributed by atoms with Crippen LogP contribution < -0.4 is 11.6 Å². The second-order valence-electron chi connectivity index (χ2n) is 8.43. The predicted molar refractivity (Wildman–Crippen MR) is 133 cm³/mol. The molecule has 0 amide bonds. The summed E-state index contributed by atoms with van der Waals surface area (Å²) >= 11 is 0. The zero-order chi connectivity index (χ0) is 26.4. The number of aliphatic imine (C=N–C) groups is 1. The van der Waals surface area contributed by atoms with E-state index >= 15 is 0 Å². The summed E-state index contributed by atoms with van der Waals surface area (Å²) in [7, 11) is 0. The van der Waals surface area contributed by atoms with Gasteiger partial charge in [0, 0.05) is 23.3 Å². The van der Waals surface area contributed by atoms with Crippen molar-refractivity contribution in [2.24, 2.45) is 15.9 Å². The summed E-state index contributed by atoms with van der Waals surface area (Å²) < 4.78 is 20.2. The van der Waals surface area contributed by atoms with Crippen LogP contribution in [-0.4, -0.2) is 51.2 Å². The summed E-state index contributed by atoms with van der Waals surface area (Å²) in [5, 5.41) is 22.2. The maximum absolute atomic E-state index is 14.7. The van der Waals surface area contributed by atoms with Gasteiger partial charge in [0.15, 0.2) is 0 Å². The molecule has 4 rings (SSSR count). The van der Waals surface area contributed by atoms with Crippen LogP contribution in [0, 0.1) is 17.1 Å². The first-order chi connectivity index (χ1) is 17.8. The van der Waals surface area contributed by atoms with E-state index < -0.39 is 17.2 Å². The molecule has 1 aliphatic rings. The number of anilines is 1. The van der Waals surface area contributed by atoms with Crippen LogP contribution in [0.3, 0.4) is 0 Å². The van der Waals surface area contributed by atoms with E-state index in [0.717, 1.165) is 0 Å². The Bertz CT molecular complexity index is 1430. The van der Waals surface area contributed by atoms with Crippen LogP contribution in [0.5, 0.6) is 0 Å². The van der Waals surface area contributed by atoms with E-state index in [0.29, 0.717) is 31.0 Å². The van der Waals surface area contributed by atoms with Crippen LogP contribution in [0.1, 0.15) is 35.5 Å². The molecule has 2 aromatic heterocycles. The zero-order valence-corrected chi connectivity index (χ0v) is 19.6. The lowest BCUT2D eigenvalue weighted by atomic mass is 9.80. The molecule has 37 heavy (non-hydrogen) atoms. The topological polar surface area (TPSA) is 186 Å². The number of nitrogen functional groups attached to an aromatic ring is 1. The number of benzene rings is 1. The van der Waals surface area contributed by atoms with Crippen molar-refractivity contribution in [3.05, 3.63) is 70.9 Å². The van der Waals surface area contributed by atoms with Crippen LogP contribution in [0.2, 0.25) is 0 Å². The minimum atomic E-state index is -0.915. The summed E-state index contributed by atoms with van der Waals surface area (Å²) in [5.41, 5.74) is 6.89. The van der Waals surface area contributed by atoms with Crippen molar-refractivity contribution in [2.75, 3.05) is 18.9 Å². The number of hydrogen-bond donors (Lipinski definition) is 3. The number of carboxylic acid groups (broad SMARTS) is 1. The third kappa shape index (κ3) is 5.57. The van der Waals surface area contributed by atoms with Crippen LogP contribution in [0.25, 0.3) is 11.3 Å². The molecule has 1 aliphatic heterocycles. The van der Waals surface area contributed by atoms with Gasteiger partial charge in [0.05, 0.1) is 48.4 Å². The Balaban J connectivity index is 1.57.